The van der Waals surface area contributed by atoms with Crippen LogP contribution in [0.2, 0.25) is 0 Å². The van der Waals surface area contributed by atoms with Crippen molar-refractivity contribution in [2.45, 2.75) is 111 Å². The molecule has 0 amide bonds. The topological polar surface area (TPSA) is 128 Å². The van der Waals surface area contributed by atoms with E-state index in [1.165, 1.54) is 19.9 Å². The highest BCUT2D eigenvalue weighted by Crippen LogP contribution is 2.72. The van der Waals surface area contributed by atoms with Crippen molar-refractivity contribution in [1.82, 2.24) is 0 Å². The molecule has 0 spiro atoms. The van der Waals surface area contributed by atoms with Crippen molar-refractivity contribution < 1.29 is 47.3 Å². The van der Waals surface area contributed by atoms with Gasteiger partial charge in [-0.15, -0.1) is 0 Å². The van der Waals surface area contributed by atoms with Crippen LogP contribution in [0.1, 0.15) is 86.1 Å². The monoisotopic (exact) mass is 624 g/mol. The van der Waals surface area contributed by atoms with Crippen molar-refractivity contribution >= 4 is 23.9 Å². The maximum absolute atomic E-state index is 13.8. The van der Waals surface area contributed by atoms with Crippen LogP contribution in [-0.4, -0.2) is 61.0 Å². The lowest BCUT2D eigenvalue weighted by atomic mass is 9.39. The Bertz CT molecular complexity index is 1470. The Morgan fingerprint density at radius 1 is 0.978 bits per heavy atom. The molecule has 1 aromatic rings. The van der Waals surface area contributed by atoms with Crippen LogP contribution in [0.25, 0.3) is 0 Å². The summed E-state index contributed by atoms with van der Waals surface area (Å²) in [5, 5.41) is 0. The Balaban J connectivity index is 1.61. The summed E-state index contributed by atoms with van der Waals surface area (Å²) in [4.78, 5) is 52.3. The van der Waals surface area contributed by atoms with E-state index in [2.05, 4.69) is 20.8 Å². The highest BCUT2D eigenvalue weighted by Gasteiger charge is 2.78. The maximum Gasteiger partial charge on any atom is 0.331 e. The standard InChI is InChI=1S/C35H44O10/c1-17(2)11-27(38)45-32-30-31-33(6,16-41-30)25(42-19(4)36)14-26(43-20(5)37)34(31,7)24-13-28(39)44-23-12-22(21-9-10-40-15-21)18(3)29(23)35(24,32)8/h9-11,15,22-26,30-32H,12-14,16H2,1-8H3. The van der Waals surface area contributed by atoms with Gasteiger partial charge in [-0.3, -0.25) is 14.4 Å². The molecule has 3 heterocycles. The number of allylic oxidation sites excluding steroid dienone is 2. The highest BCUT2D eigenvalue weighted by molar-refractivity contribution is 5.83. The van der Waals surface area contributed by atoms with Gasteiger partial charge in [0, 0.05) is 60.8 Å². The number of fused-ring (bicyclic) bond motifs is 4. The van der Waals surface area contributed by atoms with Crippen LogP contribution in [0.5, 0.6) is 0 Å². The number of hydrogen-bond acceptors (Lipinski definition) is 10. The molecule has 1 aromatic heterocycles. The number of hydrogen-bond donors (Lipinski definition) is 0. The Labute approximate surface area is 263 Å². The lowest BCUT2D eigenvalue weighted by Gasteiger charge is -2.66. The fourth-order valence-electron chi connectivity index (χ4n) is 10.2. The molecule has 2 saturated carbocycles. The van der Waals surface area contributed by atoms with Crippen LogP contribution < -0.4 is 0 Å². The third-order valence-electron chi connectivity index (χ3n) is 11.7. The smallest absolute Gasteiger partial charge is 0.331 e. The van der Waals surface area contributed by atoms with Gasteiger partial charge in [0.1, 0.15) is 24.4 Å². The number of carbonyl (C=O) groups excluding carboxylic acids is 4. The number of esters is 4. The summed E-state index contributed by atoms with van der Waals surface area (Å²) in [5.74, 6) is -2.71. The SMILES string of the molecule is CC(=O)OC1CC(OC(C)=O)C2(C)C3C(OCC13C)C(OC(=O)C=C(C)C)C1(C)C3=C(C)C(c4ccoc4)CC3OC(=O)CC12. The molecule has 2 saturated heterocycles. The second-order valence-electron chi connectivity index (χ2n) is 14.6. The molecule has 0 radical (unpaired) electrons. The van der Waals surface area contributed by atoms with Crippen molar-refractivity contribution in [2.24, 2.45) is 28.1 Å². The van der Waals surface area contributed by atoms with Crippen LogP contribution >= 0.6 is 0 Å². The fraction of sp³-hybridized carbons (Fsp3) is 0.657. The van der Waals surface area contributed by atoms with Gasteiger partial charge in [-0.1, -0.05) is 31.9 Å². The lowest BCUT2D eigenvalue weighted by molar-refractivity contribution is -0.257. The number of ether oxygens (including phenoxy) is 5. The van der Waals surface area contributed by atoms with Gasteiger partial charge in [0.05, 0.1) is 25.2 Å². The highest BCUT2D eigenvalue weighted by atomic mass is 16.6. The molecule has 0 N–H and O–H groups in total. The van der Waals surface area contributed by atoms with E-state index in [0.29, 0.717) is 6.42 Å². The van der Waals surface area contributed by atoms with E-state index >= 15 is 0 Å². The maximum atomic E-state index is 13.8. The Morgan fingerprint density at radius 2 is 1.67 bits per heavy atom. The minimum atomic E-state index is -0.946. The second-order valence-corrected chi connectivity index (χ2v) is 14.6. The summed E-state index contributed by atoms with van der Waals surface area (Å²) >= 11 is 0. The summed E-state index contributed by atoms with van der Waals surface area (Å²) in [6.07, 6.45) is 2.29. The average Bonchev–Trinajstić information content (AvgIpc) is 3.64. The van der Waals surface area contributed by atoms with E-state index in [1.807, 2.05) is 26.8 Å². The molecule has 10 nitrogen and oxygen atoms in total. The molecule has 3 aliphatic carbocycles. The largest absolute Gasteiger partial charge is 0.472 e. The third-order valence-corrected chi connectivity index (χ3v) is 11.7. The molecule has 11 atom stereocenters. The van der Waals surface area contributed by atoms with Crippen molar-refractivity contribution in [1.29, 1.82) is 0 Å². The fourth-order valence-corrected chi connectivity index (χ4v) is 10.2. The van der Waals surface area contributed by atoms with E-state index in [9.17, 15) is 19.2 Å². The lowest BCUT2D eigenvalue weighted by Crippen LogP contribution is -2.72. The van der Waals surface area contributed by atoms with Gasteiger partial charge in [0.25, 0.3) is 0 Å². The summed E-state index contributed by atoms with van der Waals surface area (Å²) in [5.41, 5.74) is 1.22. The van der Waals surface area contributed by atoms with Gasteiger partial charge in [-0.05, 0) is 50.3 Å². The summed E-state index contributed by atoms with van der Waals surface area (Å²) in [6.45, 7) is 14.8. The third kappa shape index (κ3) is 4.69. The Hall–Kier alpha value is -3.40. The van der Waals surface area contributed by atoms with E-state index in [-0.39, 0.29) is 31.3 Å². The second kappa shape index (κ2) is 10.9. The number of furan rings is 1. The van der Waals surface area contributed by atoms with Crippen LogP contribution in [-0.2, 0) is 42.9 Å². The van der Waals surface area contributed by atoms with Gasteiger partial charge in [0.2, 0.25) is 0 Å². The molecule has 45 heavy (non-hydrogen) atoms. The number of carbonyl (C=O) groups is 4. The van der Waals surface area contributed by atoms with Gasteiger partial charge < -0.3 is 28.1 Å². The molecule has 0 bridgehead atoms. The zero-order valence-electron chi connectivity index (χ0n) is 27.3. The molecular weight excluding hydrogens is 580 g/mol. The molecular formula is C35H44O10. The van der Waals surface area contributed by atoms with Crippen molar-refractivity contribution in [3.05, 3.63) is 47.0 Å². The minimum absolute atomic E-state index is 0.0304. The van der Waals surface area contributed by atoms with Crippen LogP contribution in [0.3, 0.4) is 0 Å². The summed E-state index contributed by atoms with van der Waals surface area (Å²) in [7, 11) is 0. The zero-order valence-corrected chi connectivity index (χ0v) is 27.3. The molecule has 10 heteroatoms. The quantitative estimate of drug-likeness (QED) is 0.186. The van der Waals surface area contributed by atoms with E-state index in [4.69, 9.17) is 28.1 Å². The van der Waals surface area contributed by atoms with Crippen LogP contribution in [0.4, 0.5) is 0 Å². The van der Waals surface area contributed by atoms with Gasteiger partial charge in [-0.2, -0.15) is 0 Å². The normalized spacial score (nSPS) is 41.6. The molecule has 244 valence electrons. The molecule has 2 aliphatic heterocycles. The predicted molar refractivity (Wildman–Crippen MR) is 159 cm³/mol. The summed E-state index contributed by atoms with van der Waals surface area (Å²) < 4.78 is 36.9. The molecule has 4 fully saturated rings. The van der Waals surface area contributed by atoms with E-state index in [0.717, 1.165) is 22.3 Å². The summed E-state index contributed by atoms with van der Waals surface area (Å²) in [6, 6.07) is 1.92. The first kappa shape index (κ1) is 31.6. The minimum Gasteiger partial charge on any atom is -0.472 e. The van der Waals surface area contributed by atoms with Crippen molar-refractivity contribution in [3.8, 4) is 0 Å². The molecule has 11 unspecified atom stereocenters. The first-order valence-corrected chi connectivity index (χ1v) is 15.9. The average molecular weight is 625 g/mol. The van der Waals surface area contributed by atoms with Crippen LogP contribution in [0, 0.1) is 28.1 Å². The molecule has 0 aromatic carbocycles. The predicted octanol–water partition coefficient (Wildman–Crippen LogP) is 5.21. The van der Waals surface area contributed by atoms with Gasteiger partial charge in [0.15, 0.2) is 0 Å². The van der Waals surface area contributed by atoms with E-state index in [1.54, 1.807) is 12.5 Å². The zero-order chi connectivity index (χ0) is 32.6. The molecule has 6 rings (SSSR count). The van der Waals surface area contributed by atoms with Crippen LogP contribution in [0.15, 0.2) is 45.8 Å². The van der Waals surface area contributed by atoms with Crippen molar-refractivity contribution in [3.63, 3.8) is 0 Å². The van der Waals surface area contributed by atoms with Crippen molar-refractivity contribution in [2.75, 3.05) is 6.61 Å². The van der Waals surface area contributed by atoms with Gasteiger partial charge in [-0.25, -0.2) is 4.79 Å². The van der Waals surface area contributed by atoms with Gasteiger partial charge >= 0.3 is 23.9 Å². The van der Waals surface area contributed by atoms with E-state index < -0.39 is 76.5 Å². The Morgan fingerprint density at radius 3 is 2.29 bits per heavy atom. The first-order valence-electron chi connectivity index (χ1n) is 15.9. The first-order chi connectivity index (χ1) is 21.1. The Kier molecular flexibility index (Phi) is 7.61. The number of rotatable bonds is 5. The molecule has 5 aliphatic rings.